The van der Waals surface area contributed by atoms with Crippen molar-refractivity contribution in [3.8, 4) is 0 Å². The first kappa shape index (κ1) is 11.4. The van der Waals surface area contributed by atoms with Crippen molar-refractivity contribution in [2.75, 3.05) is 0 Å². The predicted octanol–water partition coefficient (Wildman–Crippen LogP) is 2.32. The molecule has 0 saturated heterocycles. The van der Waals surface area contributed by atoms with E-state index in [9.17, 15) is 9.90 Å². The fraction of sp³-hybridized carbons (Fsp3) is 0.750. The summed E-state index contributed by atoms with van der Waals surface area (Å²) in [5, 5.41) is 9.82. The second kappa shape index (κ2) is 4.74. The standard InChI is InChI=1S/C12H20O2/c1-8(2)12(14)11-6-4-10(5-7-11)9(3)13/h6,8,10,12,14H,4-5,7H2,1-3H3/t10-,12+/m1/s1. The number of carbonyl (C=O) groups excluding carboxylic acids is 1. The predicted molar refractivity (Wildman–Crippen MR) is 56.9 cm³/mol. The summed E-state index contributed by atoms with van der Waals surface area (Å²) in [7, 11) is 0. The molecule has 0 fully saturated rings. The average Bonchev–Trinajstić information content (AvgIpc) is 2.16. The molecule has 0 bridgehead atoms. The summed E-state index contributed by atoms with van der Waals surface area (Å²) in [4.78, 5) is 11.1. The van der Waals surface area contributed by atoms with Crippen LogP contribution in [0.25, 0.3) is 0 Å². The molecule has 0 aromatic heterocycles. The van der Waals surface area contributed by atoms with Gasteiger partial charge < -0.3 is 5.11 Å². The molecule has 0 unspecified atom stereocenters. The number of Topliss-reactive ketones (excluding diaryl/α,β-unsaturated/α-hetero) is 1. The molecule has 0 amide bonds. The zero-order chi connectivity index (χ0) is 10.7. The molecule has 1 N–H and O–H groups in total. The molecule has 1 rings (SSSR count). The van der Waals surface area contributed by atoms with Gasteiger partial charge in [-0.25, -0.2) is 0 Å². The summed E-state index contributed by atoms with van der Waals surface area (Å²) in [5.41, 5.74) is 1.12. The van der Waals surface area contributed by atoms with Crippen molar-refractivity contribution >= 4 is 5.78 Å². The van der Waals surface area contributed by atoms with E-state index in [1.165, 1.54) is 0 Å². The highest BCUT2D eigenvalue weighted by Crippen LogP contribution is 2.28. The maximum Gasteiger partial charge on any atom is 0.133 e. The monoisotopic (exact) mass is 196 g/mol. The highest BCUT2D eigenvalue weighted by atomic mass is 16.3. The zero-order valence-electron chi connectivity index (χ0n) is 9.29. The maximum atomic E-state index is 11.1. The van der Waals surface area contributed by atoms with E-state index in [1.54, 1.807) is 6.92 Å². The van der Waals surface area contributed by atoms with Crippen LogP contribution in [0, 0.1) is 11.8 Å². The van der Waals surface area contributed by atoms with Crippen LogP contribution in [-0.2, 0) is 4.79 Å². The van der Waals surface area contributed by atoms with Crippen LogP contribution in [0.3, 0.4) is 0 Å². The van der Waals surface area contributed by atoms with Crippen LogP contribution < -0.4 is 0 Å². The summed E-state index contributed by atoms with van der Waals surface area (Å²) >= 11 is 0. The number of hydrogen-bond acceptors (Lipinski definition) is 2. The minimum Gasteiger partial charge on any atom is -0.388 e. The van der Waals surface area contributed by atoms with E-state index in [1.807, 2.05) is 13.8 Å². The van der Waals surface area contributed by atoms with Gasteiger partial charge in [0, 0.05) is 5.92 Å². The van der Waals surface area contributed by atoms with Gasteiger partial charge in [0.25, 0.3) is 0 Å². The molecule has 1 aliphatic rings. The van der Waals surface area contributed by atoms with Gasteiger partial charge in [0.1, 0.15) is 5.78 Å². The van der Waals surface area contributed by atoms with Crippen molar-refractivity contribution in [2.24, 2.45) is 11.8 Å². The average molecular weight is 196 g/mol. The number of allylic oxidation sites excluding steroid dienone is 1. The van der Waals surface area contributed by atoms with Crippen molar-refractivity contribution in [1.29, 1.82) is 0 Å². The van der Waals surface area contributed by atoms with E-state index in [-0.39, 0.29) is 23.7 Å². The van der Waals surface area contributed by atoms with Gasteiger partial charge in [0.05, 0.1) is 6.10 Å². The lowest BCUT2D eigenvalue weighted by atomic mass is 9.83. The number of aliphatic hydroxyl groups excluding tert-OH is 1. The Morgan fingerprint density at radius 3 is 2.57 bits per heavy atom. The molecule has 0 radical (unpaired) electrons. The summed E-state index contributed by atoms with van der Waals surface area (Å²) in [6.07, 6.45) is 4.34. The molecule has 2 atom stereocenters. The number of carbonyl (C=O) groups is 1. The molecule has 0 aliphatic heterocycles. The molecule has 0 aromatic rings. The molecular weight excluding hydrogens is 176 g/mol. The van der Waals surface area contributed by atoms with Crippen molar-refractivity contribution in [3.63, 3.8) is 0 Å². The van der Waals surface area contributed by atoms with Crippen molar-refractivity contribution in [2.45, 2.75) is 46.1 Å². The Labute approximate surface area is 86.0 Å². The second-order valence-corrected chi connectivity index (χ2v) is 4.55. The Bertz CT molecular complexity index is 241. The van der Waals surface area contributed by atoms with Gasteiger partial charge in [-0.2, -0.15) is 0 Å². The summed E-state index contributed by atoms with van der Waals surface area (Å²) in [6, 6.07) is 0. The van der Waals surface area contributed by atoms with Crippen LogP contribution in [0.4, 0.5) is 0 Å². The second-order valence-electron chi connectivity index (χ2n) is 4.55. The first-order chi connectivity index (χ1) is 6.52. The van der Waals surface area contributed by atoms with Gasteiger partial charge in [-0.15, -0.1) is 0 Å². The third-order valence-corrected chi connectivity index (χ3v) is 3.03. The lowest BCUT2D eigenvalue weighted by molar-refractivity contribution is -0.121. The number of ketones is 1. The zero-order valence-corrected chi connectivity index (χ0v) is 9.29. The molecule has 80 valence electrons. The van der Waals surface area contributed by atoms with E-state index < -0.39 is 0 Å². The molecule has 0 aromatic carbocycles. The Morgan fingerprint density at radius 1 is 1.57 bits per heavy atom. The molecule has 0 heterocycles. The fourth-order valence-electron chi connectivity index (χ4n) is 1.92. The Balaban J connectivity index is 2.57. The molecule has 0 saturated carbocycles. The number of aliphatic hydroxyl groups is 1. The molecule has 1 aliphatic carbocycles. The first-order valence-electron chi connectivity index (χ1n) is 5.39. The highest BCUT2D eigenvalue weighted by molar-refractivity contribution is 5.78. The molecule has 2 nitrogen and oxygen atoms in total. The van der Waals surface area contributed by atoms with Crippen LogP contribution >= 0.6 is 0 Å². The van der Waals surface area contributed by atoms with Crippen LogP contribution in [0.5, 0.6) is 0 Å². The van der Waals surface area contributed by atoms with Gasteiger partial charge in [-0.1, -0.05) is 19.9 Å². The Hall–Kier alpha value is -0.630. The van der Waals surface area contributed by atoms with Gasteiger partial charge in [-0.3, -0.25) is 4.79 Å². The number of hydrogen-bond donors (Lipinski definition) is 1. The highest BCUT2D eigenvalue weighted by Gasteiger charge is 2.22. The summed E-state index contributed by atoms with van der Waals surface area (Å²) in [6.45, 7) is 5.69. The van der Waals surface area contributed by atoms with Crippen LogP contribution in [0.2, 0.25) is 0 Å². The lowest BCUT2D eigenvalue weighted by Gasteiger charge is -2.25. The maximum absolute atomic E-state index is 11.1. The third kappa shape index (κ3) is 2.68. The van der Waals surface area contributed by atoms with Crippen molar-refractivity contribution in [1.82, 2.24) is 0 Å². The molecular formula is C12H20O2. The first-order valence-corrected chi connectivity index (χ1v) is 5.39. The van der Waals surface area contributed by atoms with E-state index >= 15 is 0 Å². The third-order valence-electron chi connectivity index (χ3n) is 3.03. The molecule has 0 spiro atoms. The topological polar surface area (TPSA) is 37.3 Å². The molecule has 14 heavy (non-hydrogen) atoms. The molecule has 2 heteroatoms. The lowest BCUT2D eigenvalue weighted by Crippen LogP contribution is -2.22. The van der Waals surface area contributed by atoms with Crippen LogP contribution in [0.1, 0.15) is 40.0 Å². The van der Waals surface area contributed by atoms with E-state index in [0.29, 0.717) is 0 Å². The quantitative estimate of drug-likeness (QED) is 0.703. The van der Waals surface area contributed by atoms with Gasteiger partial charge in [-0.05, 0) is 37.7 Å². The van der Waals surface area contributed by atoms with E-state index in [4.69, 9.17) is 0 Å². The van der Waals surface area contributed by atoms with E-state index in [2.05, 4.69) is 6.08 Å². The summed E-state index contributed by atoms with van der Waals surface area (Å²) < 4.78 is 0. The minimum atomic E-state index is -0.317. The van der Waals surface area contributed by atoms with Crippen LogP contribution in [-0.4, -0.2) is 17.0 Å². The fourth-order valence-corrected chi connectivity index (χ4v) is 1.92. The van der Waals surface area contributed by atoms with E-state index in [0.717, 1.165) is 24.8 Å². The van der Waals surface area contributed by atoms with Crippen LogP contribution in [0.15, 0.2) is 11.6 Å². The van der Waals surface area contributed by atoms with Gasteiger partial charge >= 0.3 is 0 Å². The van der Waals surface area contributed by atoms with Gasteiger partial charge in [0.2, 0.25) is 0 Å². The number of rotatable bonds is 3. The minimum absolute atomic E-state index is 0.193. The smallest absolute Gasteiger partial charge is 0.133 e. The summed E-state index contributed by atoms with van der Waals surface area (Å²) in [5.74, 6) is 0.743. The van der Waals surface area contributed by atoms with Crippen molar-refractivity contribution in [3.05, 3.63) is 11.6 Å². The SMILES string of the molecule is CC(=O)[C@@H]1CC=C([C@@H](O)C(C)C)CC1. The Morgan fingerprint density at radius 2 is 2.21 bits per heavy atom. The van der Waals surface area contributed by atoms with Gasteiger partial charge in [0.15, 0.2) is 0 Å². The van der Waals surface area contributed by atoms with Crippen molar-refractivity contribution < 1.29 is 9.90 Å². The largest absolute Gasteiger partial charge is 0.388 e. The Kier molecular flexibility index (Phi) is 3.87. The normalized spacial score (nSPS) is 24.6.